The summed E-state index contributed by atoms with van der Waals surface area (Å²) < 4.78 is 0. The summed E-state index contributed by atoms with van der Waals surface area (Å²) in [7, 11) is 3.75. The molecule has 2 heteroatoms. The molecule has 0 aromatic heterocycles. The second kappa shape index (κ2) is 18.9. The Kier molecular flexibility index (Phi) is 22.5. The number of alkyl halides is 1. The van der Waals surface area contributed by atoms with Crippen LogP contribution in [0.1, 0.15) is 58.3 Å². The van der Waals surface area contributed by atoms with Gasteiger partial charge in [0.1, 0.15) is 0 Å². The summed E-state index contributed by atoms with van der Waals surface area (Å²) in [5, 5.41) is 2.75. The molecule has 0 aromatic rings. The largest absolute Gasteiger partial charge is 0.323 e. The van der Waals surface area contributed by atoms with Gasteiger partial charge < -0.3 is 5.32 Å². The smallest absolute Gasteiger partial charge is 0.0223 e. The van der Waals surface area contributed by atoms with E-state index in [1.54, 1.807) is 0 Å². The lowest BCUT2D eigenvalue weighted by Gasteiger charge is -1.98. The van der Waals surface area contributed by atoms with Crippen LogP contribution < -0.4 is 5.32 Å². The molecular weight excluding hydrogens is 194 g/mol. The molecule has 0 saturated heterocycles. The van der Waals surface area contributed by atoms with Crippen LogP contribution in [0.15, 0.2) is 0 Å². The van der Waals surface area contributed by atoms with E-state index in [0.29, 0.717) is 0 Å². The van der Waals surface area contributed by atoms with Gasteiger partial charge in [0.05, 0.1) is 0 Å². The summed E-state index contributed by atoms with van der Waals surface area (Å²) in [6.07, 6.45) is 10.9. The van der Waals surface area contributed by atoms with Crippen LogP contribution in [0.4, 0.5) is 0 Å². The van der Waals surface area contributed by atoms with Crippen molar-refractivity contribution in [3.05, 3.63) is 0 Å². The summed E-state index contributed by atoms with van der Waals surface area (Å²) in [4.78, 5) is 0. The van der Waals surface area contributed by atoms with E-state index in [-0.39, 0.29) is 0 Å². The molecular formula is C12H28ClN. The molecule has 88 valence electrons. The van der Waals surface area contributed by atoms with Crippen molar-refractivity contribution in [3.63, 3.8) is 0 Å². The van der Waals surface area contributed by atoms with Crippen molar-refractivity contribution in [2.45, 2.75) is 58.3 Å². The second-order valence-corrected chi connectivity index (χ2v) is 4.04. The van der Waals surface area contributed by atoms with Crippen molar-refractivity contribution in [2.75, 3.05) is 20.0 Å². The molecule has 0 aliphatic heterocycles. The van der Waals surface area contributed by atoms with Gasteiger partial charge in [-0.2, -0.15) is 0 Å². The van der Waals surface area contributed by atoms with Crippen LogP contribution >= 0.6 is 11.6 Å². The maximum Gasteiger partial charge on any atom is 0.0223 e. The minimum atomic E-state index is 0.842. The number of nitrogens with one attached hydrogen (secondary N) is 1. The molecule has 0 spiro atoms. The van der Waals surface area contributed by atoms with Gasteiger partial charge in [0.2, 0.25) is 0 Å². The van der Waals surface area contributed by atoms with Gasteiger partial charge >= 0.3 is 0 Å². The molecule has 0 aliphatic rings. The summed E-state index contributed by atoms with van der Waals surface area (Å²) in [5.74, 6) is 0.842. The average Bonchev–Trinajstić information content (AvgIpc) is 2.18. The first kappa shape index (κ1) is 16.7. The minimum Gasteiger partial charge on any atom is -0.323 e. The van der Waals surface area contributed by atoms with E-state index in [9.17, 15) is 0 Å². The monoisotopic (exact) mass is 221 g/mol. The number of unbranched alkanes of at least 4 members (excludes halogenated alkanes) is 7. The first-order valence-electron chi connectivity index (χ1n) is 5.97. The van der Waals surface area contributed by atoms with Gasteiger partial charge in [-0.15, -0.1) is 11.6 Å². The standard InChI is InChI=1S/C10H21Cl.C2H7N/c1-2-3-4-5-6-7-8-9-10-11;1-3-2/h2-10H2,1H3;3H,1-2H3. The second-order valence-electron chi connectivity index (χ2n) is 3.66. The van der Waals surface area contributed by atoms with E-state index >= 15 is 0 Å². The molecule has 0 radical (unpaired) electrons. The SMILES string of the molecule is CCCCCCCCCCCl.CNC. The highest BCUT2D eigenvalue weighted by Crippen LogP contribution is 2.08. The lowest BCUT2D eigenvalue weighted by molar-refractivity contribution is 0.586. The van der Waals surface area contributed by atoms with Gasteiger partial charge in [0.25, 0.3) is 0 Å². The van der Waals surface area contributed by atoms with Crippen molar-refractivity contribution in [1.82, 2.24) is 5.32 Å². The fourth-order valence-corrected chi connectivity index (χ4v) is 1.42. The van der Waals surface area contributed by atoms with E-state index in [2.05, 4.69) is 12.2 Å². The fourth-order valence-electron chi connectivity index (χ4n) is 1.23. The van der Waals surface area contributed by atoms with Crippen molar-refractivity contribution < 1.29 is 0 Å². The number of hydrogen-bond donors (Lipinski definition) is 1. The molecule has 0 heterocycles. The van der Waals surface area contributed by atoms with E-state index < -0.39 is 0 Å². The molecule has 0 unspecified atom stereocenters. The van der Waals surface area contributed by atoms with Gasteiger partial charge in [-0.3, -0.25) is 0 Å². The van der Waals surface area contributed by atoms with E-state index in [1.807, 2.05) is 14.1 Å². The van der Waals surface area contributed by atoms with Crippen LogP contribution in [0.25, 0.3) is 0 Å². The van der Waals surface area contributed by atoms with Crippen LogP contribution in [-0.2, 0) is 0 Å². The van der Waals surface area contributed by atoms with Gasteiger partial charge in [0, 0.05) is 5.88 Å². The zero-order valence-corrected chi connectivity index (χ0v) is 11.0. The molecule has 1 nitrogen and oxygen atoms in total. The molecule has 0 fully saturated rings. The van der Waals surface area contributed by atoms with E-state index in [1.165, 1.54) is 51.4 Å². The Morgan fingerprint density at radius 3 is 1.50 bits per heavy atom. The van der Waals surface area contributed by atoms with E-state index in [4.69, 9.17) is 11.6 Å². The molecule has 0 aliphatic carbocycles. The maximum absolute atomic E-state index is 5.56. The highest BCUT2D eigenvalue weighted by atomic mass is 35.5. The highest BCUT2D eigenvalue weighted by Gasteiger charge is 1.89. The van der Waals surface area contributed by atoms with Gasteiger partial charge in [-0.1, -0.05) is 51.9 Å². The third-order valence-electron chi connectivity index (χ3n) is 1.99. The molecule has 14 heavy (non-hydrogen) atoms. The van der Waals surface area contributed by atoms with Gasteiger partial charge in [-0.25, -0.2) is 0 Å². The molecule has 0 saturated carbocycles. The Morgan fingerprint density at radius 1 is 0.786 bits per heavy atom. The Morgan fingerprint density at radius 2 is 1.14 bits per heavy atom. The van der Waals surface area contributed by atoms with Crippen LogP contribution in [0.2, 0.25) is 0 Å². The van der Waals surface area contributed by atoms with Crippen molar-refractivity contribution in [1.29, 1.82) is 0 Å². The Labute approximate surface area is 95.6 Å². The predicted molar refractivity (Wildman–Crippen MR) is 68.3 cm³/mol. The maximum atomic E-state index is 5.56. The number of rotatable bonds is 8. The third kappa shape index (κ3) is 22.8. The topological polar surface area (TPSA) is 12.0 Å². The normalized spacial score (nSPS) is 9.43. The average molecular weight is 222 g/mol. The zero-order chi connectivity index (χ0) is 11.1. The van der Waals surface area contributed by atoms with Crippen LogP contribution in [0.3, 0.4) is 0 Å². The Balaban J connectivity index is 0. The third-order valence-corrected chi connectivity index (χ3v) is 2.25. The summed E-state index contributed by atoms with van der Waals surface area (Å²) in [6, 6.07) is 0. The number of hydrogen-bond acceptors (Lipinski definition) is 1. The zero-order valence-electron chi connectivity index (χ0n) is 10.2. The van der Waals surface area contributed by atoms with Gasteiger partial charge in [0.15, 0.2) is 0 Å². The molecule has 0 rings (SSSR count). The van der Waals surface area contributed by atoms with Crippen molar-refractivity contribution in [3.8, 4) is 0 Å². The highest BCUT2D eigenvalue weighted by molar-refractivity contribution is 6.17. The number of halogens is 1. The van der Waals surface area contributed by atoms with Gasteiger partial charge in [-0.05, 0) is 20.5 Å². The van der Waals surface area contributed by atoms with Crippen LogP contribution in [-0.4, -0.2) is 20.0 Å². The first-order valence-corrected chi connectivity index (χ1v) is 6.51. The molecule has 0 amide bonds. The summed E-state index contributed by atoms with van der Waals surface area (Å²) >= 11 is 5.56. The quantitative estimate of drug-likeness (QED) is 0.479. The summed E-state index contributed by atoms with van der Waals surface area (Å²) in [5.41, 5.74) is 0. The lowest BCUT2D eigenvalue weighted by Crippen LogP contribution is -1.89. The fraction of sp³-hybridized carbons (Fsp3) is 1.00. The molecule has 0 bridgehead atoms. The van der Waals surface area contributed by atoms with Crippen LogP contribution in [0.5, 0.6) is 0 Å². The lowest BCUT2D eigenvalue weighted by atomic mass is 10.1. The van der Waals surface area contributed by atoms with Crippen molar-refractivity contribution in [2.24, 2.45) is 0 Å². The first-order chi connectivity index (χ1) is 6.83. The van der Waals surface area contributed by atoms with E-state index in [0.717, 1.165) is 5.88 Å². The molecule has 0 atom stereocenters. The summed E-state index contributed by atoms with van der Waals surface area (Å²) in [6.45, 7) is 2.26. The van der Waals surface area contributed by atoms with Crippen molar-refractivity contribution >= 4 is 11.6 Å². The van der Waals surface area contributed by atoms with Crippen LogP contribution in [0, 0.1) is 0 Å². The minimum absolute atomic E-state index is 0.842. The Bertz CT molecular complexity index is 68.7. The molecule has 1 N–H and O–H groups in total. The Hall–Kier alpha value is 0.250. The predicted octanol–water partition coefficient (Wildman–Crippen LogP) is 4.20. The molecule has 0 aromatic carbocycles.